The van der Waals surface area contributed by atoms with Gasteiger partial charge in [-0.2, -0.15) is 0 Å². The van der Waals surface area contributed by atoms with Crippen LogP contribution < -0.4 is 0 Å². The number of hydrogen-bond donors (Lipinski definition) is 0. The predicted molar refractivity (Wildman–Crippen MR) is 96.6 cm³/mol. The van der Waals surface area contributed by atoms with E-state index in [1.807, 2.05) is 0 Å². The van der Waals surface area contributed by atoms with Crippen molar-refractivity contribution in [1.29, 1.82) is 0 Å². The van der Waals surface area contributed by atoms with Crippen LogP contribution in [0.2, 0.25) is 0 Å². The summed E-state index contributed by atoms with van der Waals surface area (Å²) in [6.07, 6.45) is 0. The predicted octanol–water partition coefficient (Wildman–Crippen LogP) is 4.72. The molecule has 0 aliphatic rings. The molecule has 0 saturated heterocycles. The topological polar surface area (TPSA) is 0 Å². The monoisotopic (exact) mass is 384 g/mol. The molecule has 0 saturated carbocycles. The maximum atomic E-state index is 3.68. The first kappa shape index (κ1) is 13.7. The van der Waals surface area contributed by atoms with E-state index in [1.54, 1.807) is 0 Å². The normalized spacial score (nSPS) is 10.8. The fraction of sp³-hybridized carbons (Fsp3) is 0. The molecule has 4 aromatic carbocycles. The first-order chi connectivity index (χ1) is 9.33. The first-order valence-electron chi connectivity index (χ1n) is 6.33. The fourth-order valence-corrected chi connectivity index (χ4v) is 3.35. The van der Waals surface area contributed by atoms with Crippen molar-refractivity contribution in [2.45, 2.75) is 0 Å². The molecule has 0 aliphatic carbocycles. The molecule has 20 heavy (non-hydrogen) atoms. The summed E-state index contributed by atoms with van der Waals surface area (Å²) < 4.78 is 1.16. The average Bonchev–Trinajstić information content (AvgIpc) is 2.45. The third kappa shape index (κ3) is 2.06. The summed E-state index contributed by atoms with van der Waals surface area (Å²) in [7, 11) is 0. The van der Waals surface area contributed by atoms with Crippen molar-refractivity contribution in [1.82, 2.24) is 0 Å². The molecule has 0 radical (unpaired) electrons. The molecule has 0 aromatic heterocycles. The maximum absolute atomic E-state index is 3.68. The Kier molecular flexibility index (Phi) is 3.58. The van der Waals surface area contributed by atoms with E-state index >= 15 is 0 Å². The Morgan fingerprint density at radius 1 is 0.600 bits per heavy atom. The van der Waals surface area contributed by atoms with Crippen molar-refractivity contribution in [3.63, 3.8) is 0 Å². The second-order valence-electron chi connectivity index (χ2n) is 4.82. The second kappa shape index (κ2) is 5.24. The molecular weight excluding hydrogens is 371 g/mol. The average molecular weight is 385 g/mol. The summed E-state index contributed by atoms with van der Waals surface area (Å²) in [5.74, 6) is 0. The van der Waals surface area contributed by atoms with E-state index in [0.717, 1.165) is 4.47 Å². The Labute approximate surface area is 137 Å². The molecule has 0 spiro atoms. The SMILES string of the molecule is Brc1cccc2ccc3cc4ccccc4cc3c12.[AsH3]. The number of fused-ring (bicyclic) bond motifs is 4. The van der Waals surface area contributed by atoms with Gasteiger partial charge in [0.05, 0.1) is 0 Å². The Morgan fingerprint density at radius 3 is 2.05 bits per heavy atom. The van der Waals surface area contributed by atoms with E-state index in [2.05, 4.69) is 82.7 Å². The molecule has 0 N–H and O–H groups in total. The summed E-state index contributed by atoms with van der Waals surface area (Å²) in [5, 5.41) is 7.75. The van der Waals surface area contributed by atoms with Crippen LogP contribution in [0.1, 0.15) is 0 Å². The van der Waals surface area contributed by atoms with E-state index in [9.17, 15) is 0 Å². The Hall–Kier alpha value is -1.30. The van der Waals surface area contributed by atoms with Gasteiger partial charge in [-0.3, -0.25) is 0 Å². The van der Waals surface area contributed by atoms with Crippen molar-refractivity contribution in [3.8, 4) is 0 Å². The van der Waals surface area contributed by atoms with Gasteiger partial charge in [-0.1, -0.05) is 64.5 Å². The van der Waals surface area contributed by atoms with E-state index in [4.69, 9.17) is 0 Å². The van der Waals surface area contributed by atoms with Crippen LogP contribution in [0.15, 0.2) is 71.2 Å². The quantitative estimate of drug-likeness (QED) is 0.233. The van der Waals surface area contributed by atoms with Gasteiger partial charge in [0.25, 0.3) is 0 Å². The molecule has 0 nitrogen and oxygen atoms in total. The van der Waals surface area contributed by atoms with Crippen molar-refractivity contribution in [2.24, 2.45) is 0 Å². The molecule has 0 bridgehead atoms. The van der Waals surface area contributed by atoms with E-state index in [0.29, 0.717) is 0 Å². The van der Waals surface area contributed by atoms with Gasteiger partial charge < -0.3 is 0 Å². The molecule has 0 amide bonds. The minimum absolute atomic E-state index is 0. The fourth-order valence-electron chi connectivity index (χ4n) is 2.76. The molecule has 4 aromatic rings. The molecule has 2 heteroatoms. The molecule has 0 heterocycles. The van der Waals surface area contributed by atoms with Crippen LogP contribution >= 0.6 is 15.9 Å². The number of rotatable bonds is 0. The van der Waals surface area contributed by atoms with Crippen LogP contribution in [0, 0.1) is 0 Å². The van der Waals surface area contributed by atoms with E-state index < -0.39 is 0 Å². The van der Waals surface area contributed by atoms with Crippen LogP contribution in [0.3, 0.4) is 0 Å². The molecular formula is C18H14AsBr. The second-order valence-corrected chi connectivity index (χ2v) is 5.68. The van der Waals surface area contributed by atoms with Gasteiger partial charge in [-0.15, -0.1) is 0 Å². The third-order valence-electron chi connectivity index (χ3n) is 3.68. The van der Waals surface area contributed by atoms with Crippen LogP contribution in [0.5, 0.6) is 0 Å². The molecule has 1 atom stereocenters. The van der Waals surface area contributed by atoms with Gasteiger partial charge in [-0.25, -0.2) is 0 Å². The van der Waals surface area contributed by atoms with Gasteiger partial charge in [0.15, 0.2) is 0 Å². The van der Waals surface area contributed by atoms with Gasteiger partial charge in [0.2, 0.25) is 0 Å². The summed E-state index contributed by atoms with van der Waals surface area (Å²) in [6, 6.07) is 23.8. The van der Waals surface area contributed by atoms with Crippen LogP contribution in [0.25, 0.3) is 32.3 Å². The summed E-state index contributed by atoms with van der Waals surface area (Å²) in [4.78, 5) is 0. The zero-order valence-electron chi connectivity index (χ0n) is 10.9. The van der Waals surface area contributed by atoms with Crippen molar-refractivity contribution in [3.05, 3.63) is 71.2 Å². The summed E-state index contributed by atoms with van der Waals surface area (Å²) >= 11 is 3.68. The summed E-state index contributed by atoms with van der Waals surface area (Å²) in [6.45, 7) is 0. The minimum atomic E-state index is 0. The van der Waals surface area contributed by atoms with Gasteiger partial charge in [-0.05, 0) is 45.1 Å². The van der Waals surface area contributed by atoms with E-state index in [-0.39, 0.29) is 18.0 Å². The zero-order chi connectivity index (χ0) is 12.8. The van der Waals surface area contributed by atoms with E-state index in [1.165, 1.54) is 32.3 Å². The van der Waals surface area contributed by atoms with Gasteiger partial charge in [0.1, 0.15) is 0 Å². The molecule has 4 rings (SSSR count). The van der Waals surface area contributed by atoms with Crippen LogP contribution in [-0.2, 0) is 0 Å². The number of halogens is 1. The third-order valence-corrected chi connectivity index (χ3v) is 4.34. The standard InChI is InChI=1S/C18H11Br.AsH3/c19-17-7-3-6-12-8-9-15-10-13-4-1-2-5-14(13)11-16(15)18(12)17;/h1-11H;1H3. The molecule has 0 fully saturated rings. The molecule has 0 aliphatic heterocycles. The zero-order valence-corrected chi connectivity index (χ0v) is 15.5. The number of hydrogen-bond acceptors (Lipinski definition) is 0. The Morgan fingerprint density at radius 2 is 1.25 bits per heavy atom. The Bertz CT molecular complexity index is 928. The first-order valence-corrected chi connectivity index (χ1v) is 7.12. The molecule has 1 unspecified atom stereocenters. The Balaban J connectivity index is 0.00000121. The molecule has 98 valence electrons. The van der Waals surface area contributed by atoms with Crippen LogP contribution in [-0.4, -0.2) is 18.0 Å². The van der Waals surface area contributed by atoms with Crippen molar-refractivity contribution in [2.75, 3.05) is 0 Å². The summed E-state index contributed by atoms with van der Waals surface area (Å²) in [5.41, 5.74) is 0. The van der Waals surface area contributed by atoms with Gasteiger partial charge >= 0.3 is 18.0 Å². The van der Waals surface area contributed by atoms with Crippen molar-refractivity contribution >= 4 is 66.2 Å². The van der Waals surface area contributed by atoms with Crippen molar-refractivity contribution < 1.29 is 0 Å². The van der Waals surface area contributed by atoms with Crippen LogP contribution in [0.4, 0.5) is 0 Å². The van der Waals surface area contributed by atoms with Gasteiger partial charge in [0, 0.05) is 9.86 Å². The number of benzene rings is 4.